The summed E-state index contributed by atoms with van der Waals surface area (Å²) in [5.41, 5.74) is 5.10. The molecule has 7 nitrogen and oxygen atoms in total. The minimum Gasteiger partial charge on any atom is -0.438 e. The second kappa shape index (κ2) is 9.88. The van der Waals surface area contributed by atoms with Crippen LogP contribution in [0.3, 0.4) is 0 Å². The quantitative estimate of drug-likeness (QED) is 0.299. The van der Waals surface area contributed by atoms with Crippen LogP contribution in [0.15, 0.2) is 65.1 Å². The van der Waals surface area contributed by atoms with Gasteiger partial charge in [-0.15, -0.1) is 0 Å². The average molecular weight is 479 g/mol. The van der Waals surface area contributed by atoms with Crippen molar-refractivity contribution in [1.29, 1.82) is 5.26 Å². The largest absolute Gasteiger partial charge is 0.438 e. The van der Waals surface area contributed by atoms with Crippen LogP contribution >= 0.6 is 0 Å². The summed E-state index contributed by atoms with van der Waals surface area (Å²) in [6.45, 7) is 9.63. The van der Waals surface area contributed by atoms with Crippen molar-refractivity contribution < 1.29 is 9.53 Å². The number of carbonyl (C=O) groups excluding carboxylic acids is 1. The lowest BCUT2D eigenvalue weighted by Gasteiger charge is -2.13. The SMILES string of the molecule is Cc1ccc(Oc2nc3c(C)cccn3c(=O)c2/C=C(/C#N)C(=O)Nc2ccc(C)c(C)c2)c(C)c1. The van der Waals surface area contributed by atoms with E-state index in [-0.39, 0.29) is 17.0 Å². The number of hydrogen-bond donors (Lipinski definition) is 1. The number of pyridine rings is 1. The maximum atomic E-state index is 13.5. The number of anilines is 1. The van der Waals surface area contributed by atoms with Gasteiger partial charge in [-0.25, -0.2) is 0 Å². The first-order chi connectivity index (χ1) is 17.2. The summed E-state index contributed by atoms with van der Waals surface area (Å²) < 4.78 is 7.48. The Hall–Kier alpha value is -4.70. The summed E-state index contributed by atoms with van der Waals surface area (Å²) in [5.74, 6) is -0.0851. The van der Waals surface area contributed by atoms with Gasteiger partial charge in [-0.1, -0.05) is 29.8 Å². The van der Waals surface area contributed by atoms with E-state index in [4.69, 9.17) is 4.74 Å². The Balaban J connectivity index is 1.84. The Bertz CT molecular complexity index is 1640. The molecule has 0 aliphatic carbocycles. The predicted octanol–water partition coefficient (Wildman–Crippen LogP) is 5.57. The normalized spacial score (nSPS) is 11.3. The van der Waals surface area contributed by atoms with Crippen molar-refractivity contribution in [3.63, 3.8) is 0 Å². The smallest absolute Gasteiger partial charge is 0.269 e. The molecule has 1 amide bonds. The Morgan fingerprint density at radius 2 is 1.78 bits per heavy atom. The van der Waals surface area contributed by atoms with Gasteiger partial charge in [-0.3, -0.25) is 14.0 Å². The van der Waals surface area contributed by atoms with Gasteiger partial charge in [0.05, 0.1) is 0 Å². The Morgan fingerprint density at radius 3 is 2.47 bits per heavy atom. The highest BCUT2D eigenvalue weighted by atomic mass is 16.5. The monoisotopic (exact) mass is 478 g/mol. The first-order valence-corrected chi connectivity index (χ1v) is 11.5. The molecule has 0 atom stereocenters. The van der Waals surface area contributed by atoms with E-state index in [2.05, 4.69) is 10.3 Å². The van der Waals surface area contributed by atoms with E-state index in [0.717, 1.165) is 27.8 Å². The summed E-state index contributed by atoms with van der Waals surface area (Å²) in [5, 5.41) is 12.5. The highest BCUT2D eigenvalue weighted by Crippen LogP contribution is 2.28. The van der Waals surface area contributed by atoms with Crippen molar-refractivity contribution in [3.05, 3.63) is 104 Å². The molecule has 2 heterocycles. The van der Waals surface area contributed by atoms with Crippen molar-refractivity contribution in [1.82, 2.24) is 9.38 Å². The van der Waals surface area contributed by atoms with Crippen LogP contribution in [0.25, 0.3) is 11.7 Å². The molecule has 4 rings (SSSR count). The van der Waals surface area contributed by atoms with Gasteiger partial charge in [-0.05, 0) is 87.2 Å². The standard InChI is InChI=1S/C29H26N4O3/c1-17-8-11-25(21(5)13-17)36-28-24(29(35)33-12-6-7-19(3)26(33)32-28)15-22(16-30)27(34)31-23-10-9-18(2)20(4)14-23/h6-15H,1-5H3,(H,31,34)/b22-15-. The molecule has 0 unspecified atom stereocenters. The van der Waals surface area contributed by atoms with Crippen molar-refractivity contribution in [2.24, 2.45) is 0 Å². The summed E-state index contributed by atoms with van der Waals surface area (Å²) in [6.07, 6.45) is 2.83. The lowest BCUT2D eigenvalue weighted by molar-refractivity contribution is -0.112. The van der Waals surface area contributed by atoms with Gasteiger partial charge in [0.25, 0.3) is 11.5 Å². The van der Waals surface area contributed by atoms with Gasteiger partial charge >= 0.3 is 0 Å². The molecule has 180 valence electrons. The number of aromatic nitrogens is 2. The Morgan fingerprint density at radius 1 is 1.00 bits per heavy atom. The highest BCUT2D eigenvalue weighted by Gasteiger charge is 2.19. The minimum absolute atomic E-state index is 0.00450. The molecule has 2 aromatic carbocycles. The third-order valence-electron chi connectivity index (χ3n) is 6.00. The number of aryl methyl sites for hydroxylation is 5. The second-order valence-electron chi connectivity index (χ2n) is 8.81. The van der Waals surface area contributed by atoms with E-state index in [1.165, 1.54) is 10.5 Å². The van der Waals surface area contributed by atoms with Gasteiger partial charge in [-0.2, -0.15) is 10.2 Å². The molecule has 0 fully saturated rings. The maximum absolute atomic E-state index is 13.5. The lowest BCUT2D eigenvalue weighted by atomic mass is 10.1. The molecule has 36 heavy (non-hydrogen) atoms. The number of nitrogens with zero attached hydrogens (tertiary/aromatic N) is 3. The summed E-state index contributed by atoms with van der Waals surface area (Å²) >= 11 is 0. The molecular weight excluding hydrogens is 452 g/mol. The third-order valence-corrected chi connectivity index (χ3v) is 6.00. The molecule has 0 aliphatic rings. The number of nitrogens with one attached hydrogen (secondary N) is 1. The molecular formula is C29H26N4O3. The molecule has 0 saturated heterocycles. The Labute approximate surface area is 209 Å². The molecule has 4 aromatic rings. The average Bonchev–Trinajstić information content (AvgIpc) is 2.83. The number of fused-ring (bicyclic) bond motifs is 1. The van der Waals surface area contributed by atoms with Gasteiger partial charge < -0.3 is 10.1 Å². The first kappa shape index (κ1) is 24.4. The number of carbonyl (C=O) groups is 1. The van der Waals surface area contributed by atoms with Crippen LogP contribution < -0.4 is 15.6 Å². The summed E-state index contributed by atoms with van der Waals surface area (Å²) in [7, 11) is 0. The minimum atomic E-state index is -0.632. The lowest BCUT2D eigenvalue weighted by Crippen LogP contribution is -2.21. The zero-order chi connectivity index (χ0) is 26.0. The predicted molar refractivity (Wildman–Crippen MR) is 140 cm³/mol. The maximum Gasteiger partial charge on any atom is 0.269 e. The van der Waals surface area contributed by atoms with E-state index in [1.54, 1.807) is 24.4 Å². The first-order valence-electron chi connectivity index (χ1n) is 11.5. The fourth-order valence-corrected chi connectivity index (χ4v) is 3.82. The van der Waals surface area contributed by atoms with Crippen molar-refractivity contribution in [2.45, 2.75) is 34.6 Å². The zero-order valence-corrected chi connectivity index (χ0v) is 20.8. The van der Waals surface area contributed by atoms with Crippen LogP contribution in [-0.2, 0) is 4.79 Å². The fraction of sp³-hybridized carbons (Fsp3) is 0.172. The zero-order valence-electron chi connectivity index (χ0n) is 20.8. The number of amides is 1. The van der Waals surface area contributed by atoms with Gasteiger partial charge in [0.1, 0.15) is 28.6 Å². The van der Waals surface area contributed by atoms with Gasteiger partial charge in [0.15, 0.2) is 0 Å². The van der Waals surface area contributed by atoms with E-state index < -0.39 is 11.5 Å². The van der Waals surface area contributed by atoms with Crippen LogP contribution in [0.4, 0.5) is 5.69 Å². The molecule has 0 radical (unpaired) electrons. The van der Waals surface area contributed by atoms with E-state index in [1.807, 2.05) is 71.0 Å². The number of benzene rings is 2. The molecule has 2 aromatic heterocycles. The van der Waals surface area contributed by atoms with Crippen molar-refractivity contribution >= 4 is 23.3 Å². The summed E-state index contributed by atoms with van der Waals surface area (Å²) in [4.78, 5) is 31.1. The molecule has 0 bridgehead atoms. The number of ether oxygens (including phenoxy) is 1. The van der Waals surface area contributed by atoms with E-state index >= 15 is 0 Å². The molecule has 1 N–H and O–H groups in total. The van der Waals surface area contributed by atoms with Crippen molar-refractivity contribution in [3.8, 4) is 17.7 Å². The molecule has 0 aliphatic heterocycles. The third kappa shape index (κ3) is 4.89. The fourth-order valence-electron chi connectivity index (χ4n) is 3.82. The van der Waals surface area contributed by atoms with E-state index in [0.29, 0.717) is 17.1 Å². The van der Waals surface area contributed by atoms with Crippen LogP contribution in [0.2, 0.25) is 0 Å². The second-order valence-corrected chi connectivity index (χ2v) is 8.81. The number of nitriles is 1. The van der Waals surface area contributed by atoms with Gasteiger partial charge in [0.2, 0.25) is 5.88 Å². The van der Waals surface area contributed by atoms with Crippen LogP contribution in [0, 0.1) is 45.9 Å². The molecule has 7 heteroatoms. The number of hydrogen-bond acceptors (Lipinski definition) is 5. The van der Waals surface area contributed by atoms with Crippen LogP contribution in [-0.4, -0.2) is 15.3 Å². The molecule has 0 saturated carbocycles. The summed E-state index contributed by atoms with van der Waals surface area (Å²) in [6, 6.07) is 16.6. The van der Waals surface area contributed by atoms with Crippen LogP contribution in [0.1, 0.15) is 33.4 Å². The Kier molecular flexibility index (Phi) is 6.71. The highest BCUT2D eigenvalue weighted by molar-refractivity contribution is 6.09. The van der Waals surface area contributed by atoms with Crippen molar-refractivity contribution in [2.75, 3.05) is 5.32 Å². The topological polar surface area (TPSA) is 96.5 Å². The number of rotatable bonds is 5. The van der Waals surface area contributed by atoms with Gasteiger partial charge in [0, 0.05) is 11.9 Å². The van der Waals surface area contributed by atoms with E-state index in [9.17, 15) is 14.9 Å². The van der Waals surface area contributed by atoms with Crippen LogP contribution in [0.5, 0.6) is 11.6 Å². The molecule has 0 spiro atoms.